The molecule has 0 atom stereocenters. The van der Waals surface area contributed by atoms with Crippen molar-refractivity contribution in [3.63, 3.8) is 0 Å². The number of unbranched alkanes of at least 4 members (excludes halogenated alkanes) is 27. The van der Waals surface area contributed by atoms with Crippen molar-refractivity contribution in [2.75, 3.05) is 0 Å². The molecule has 1 rings (SSSR count). The number of hydrogen-bond acceptors (Lipinski definition) is 0. The van der Waals surface area contributed by atoms with E-state index in [4.69, 9.17) is 0 Å². The molecule has 0 saturated carbocycles. The summed E-state index contributed by atoms with van der Waals surface area (Å²) < 4.78 is 5.25. The minimum Gasteiger partial charge on any atom is -0.234 e. The van der Waals surface area contributed by atoms with Gasteiger partial charge in [0.15, 0.2) is 0 Å². The van der Waals surface area contributed by atoms with E-state index in [9.17, 15) is 0 Å². The molecular formula is C39H77N2+. The summed E-state index contributed by atoms with van der Waals surface area (Å²) in [5.74, 6) is 1.62. The van der Waals surface area contributed by atoms with Crippen LogP contribution in [0.2, 0.25) is 0 Å². The van der Waals surface area contributed by atoms with Crippen molar-refractivity contribution in [1.29, 1.82) is 0 Å². The van der Waals surface area contributed by atoms with Crippen molar-refractivity contribution in [2.24, 2.45) is 0 Å². The third kappa shape index (κ3) is 23.4. The number of hydrogen-bond donors (Lipinski definition) is 0. The second kappa shape index (κ2) is 30.7. The van der Waals surface area contributed by atoms with Crippen LogP contribution in [0.1, 0.15) is 219 Å². The van der Waals surface area contributed by atoms with Crippen molar-refractivity contribution in [3.05, 3.63) is 18.2 Å². The molecule has 0 aliphatic carbocycles. The molecule has 0 spiro atoms. The SMILES string of the molecule is CCCCCCCCCCCCCCCc1n(CCCCCCCC)cc[n+]1CCCCCCCCCCCCC. The average Bonchev–Trinajstić information content (AvgIpc) is 3.37. The van der Waals surface area contributed by atoms with E-state index >= 15 is 0 Å². The maximum absolute atomic E-state index is 2.63. The van der Waals surface area contributed by atoms with Crippen LogP contribution in [-0.4, -0.2) is 4.57 Å². The second-order valence-electron chi connectivity index (χ2n) is 13.4. The maximum Gasteiger partial charge on any atom is 0.256 e. The highest BCUT2D eigenvalue weighted by Crippen LogP contribution is 2.15. The standard InChI is InChI=1S/C39H77N2/c1-4-7-10-13-16-18-20-21-22-24-26-28-31-34-39-40(35-32-29-15-12-9-6-3)37-38-41(39)36-33-30-27-25-23-19-17-14-11-8-5-2/h37-38H,4-36H2,1-3H3/q+1. The normalized spacial score (nSPS) is 11.6. The lowest BCUT2D eigenvalue weighted by Gasteiger charge is -2.07. The van der Waals surface area contributed by atoms with Crippen LogP contribution in [-0.2, 0) is 19.5 Å². The van der Waals surface area contributed by atoms with Gasteiger partial charge in [-0.3, -0.25) is 0 Å². The molecule has 1 aromatic rings. The summed E-state index contributed by atoms with van der Waals surface area (Å²) in [7, 11) is 0. The molecule has 2 heteroatoms. The van der Waals surface area contributed by atoms with Gasteiger partial charge in [-0.1, -0.05) is 181 Å². The fourth-order valence-electron chi connectivity index (χ4n) is 6.50. The smallest absolute Gasteiger partial charge is 0.234 e. The van der Waals surface area contributed by atoms with Gasteiger partial charge in [-0.25, -0.2) is 9.13 Å². The molecule has 0 N–H and O–H groups in total. The van der Waals surface area contributed by atoms with Crippen LogP contribution >= 0.6 is 0 Å². The molecule has 1 heterocycles. The van der Waals surface area contributed by atoms with Crippen molar-refractivity contribution in [3.8, 4) is 0 Å². The first-order valence-corrected chi connectivity index (χ1v) is 19.4. The first-order valence-electron chi connectivity index (χ1n) is 19.4. The first-order chi connectivity index (χ1) is 20.3. The zero-order chi connectivity index (χ0) is 29.5. The van der Waals surface area contributed by atoms with Crippen molar-refractivity contribution >= 4 is 0 Å². The van der Waals surface area contributed by atoms with Gasteiger partial charge in [-0.15, -0.1) is 0 Å². The fraction of sp³-hybridized carbons (Fsp3) is 0.923. The van der Waals surface area contributed by atoms with Crippen LogP contribution in [0.15, 0.2) is 12.4 Å². The van der Waals surface area contributed by atoms with E-state index in [0.29, 0.717) is 0 Å². The van der Waals surface area contributed by atoms with Gasteiger partial charge in [0.05, 0.1) is 13.1 Å². The van der Waals surface area contributed by atoms with Gasteiger partial charge in [0.2, 0.25) is 0 Å². The van der Waals surface area contributed by atoms with Crippen LogP contribution in [0.3, 0.4) is 0 Å². The summed E-state index contributed by atoms with van der Waals surface area (Å²) in [5, 5.41) is 0. The summed E-state index contributed by atoms with van der Waals surface area (Å²) in [6.45, 7) is 9.40. The molecule has 2 nitrogen and oxygen atoms in total. The minimum absolute atomic E-state index is 1.23. The largest absolute Gasteiger partial charge is 0.256 e. The number of aryl methyl sites for hydroxylation is 2. The van der Waals surface area contributed by atoms with Gasteiger partial charge in [-0.2, -0.15) is 0 Å². The van der Waals surface area contributed by atoms with Gasteiger partial charge >= 0.3 is 0 Å². The molecule has 0 aromatic carbocycles. The highest BCUT2D eigenvalue weighted by Gasteiger charge is 2.16. The quantitative estimate of drug-likeness (QED) is 0.0584. The molecule has 0 aliphatic rings. The Hall–Kier alpha value is -0.790. The average molecular weight is 574 g/mol. The molecule has 0 aliphatic heterocycles. The van der Waals surface area contributed by atoms with E-state index in [2.05, 4.69) is 42.3 Å². The van der Waals surface area contributed by atoms with E-state index in [1.165, 1.54) is 212 Å². The molecule has 0 bridgehead atoms. The van der Waals surface area contributed by atoms with E-state index in [-0.39, 0.29) is 0 Å². The number of aromatic nitrogens is 2. The number of rotatable bonds is 33. The predicted octanol–water partition coefficient (Wildman–Crippen LogP) is 13.1. The molecular weight excluding hydrogens is 496 g/mol. The zero-order valence-corrected chi connectivity index (χ0v) is 28.9. The van der Waals surface area contributed by atoms with Crippen LogP contribution in [0, 0.1) is 0 Å². The third-order valence-electron chi connectivity index (χ3n) is 9.35. The van der Waals surface area contributed by atoms with Crippen molar-refractivity contribution in [1.82, 2.24) is 4.57 Å². The Morgan fingerprint density at radius 1 is 0.415 bits per heavy atom. The Morgan fingerprint density at radius 3 is 1.17 bits per heavy atom. The first kappa shape index (κ1) is 38.2. The Kier molecular flexibility index (Phi) is 28.6. The highest BCUT2D eigenvalue weighted by molar-refractivity contribution is 4.84. The Labute approximate surface area is 259 Å². The van der Waals surface area contributed by atoms with Gasteiger partial charge in [0, 0.05) is 6.42 Å². The van der Waals surface area contributed by atoms with Crippen molar-refractivity contribution in [2.45, 2.75) is 233 Å². The molecule has 0 saturated heterocycles. The fourth-order valence-corrected chi connectivity index (χ4v) is 6.50. The van der Waals surface area contributed by atoms with E-state index in [0.717, 1.165) is 0 Å². The van der Waals surface area contributed by atoms with E-state index in [1.807, 2.05) is 0 Å². The molecule has 0 fully saturated rings. The second-order valence-corrected chi connectivity index (χ2v) is 13.4. The zero-order valence-electron chi connectivity index (χ0n) is 28.9. The highest BCUT2D eigenvalue weighted by atomic mass is 15.1. The molecule has 0 radical (unpaired) electrons. The maximum atomic E-state index is 2.63. The van der Waals surface area contributed by atoms with Crippen LogP contribution in [0.5, 0.6) is 0 Å². The Morgan fingerprint density at radius 2 is 0.756 bits per heavy atom. The van der Waals surface area contributed by atoms with Gasteiger partial charge in [-0.05, 0) is 32.1 Å². The summed E-state index contributed by atoms with van der Waals surface area (Å²) in [5.41, 5.74) is 0. The molecule has 0 unspecified atom stereocenters. The van der Waals surface area contributed by atoms with Crippen LogP contribution in [0.4, 0.5) is 0 Å². The van der Waals surface area contributed by atoms with E-state index in [1.54, 1.807) is 5.82 Å². The lowest BCUT2D eigenvalue weighted by atomic mass is 10.0. The van der Waals surface area contributed by atoms with Crippen LogP contribution < -0.4 is 4.57 Å². The summed E-state index contributed by atoms with van der Waals surface area (Å²) >= 11 is 0. The number of nitrogens with zero attached hydrogens (tertiary/aromatic N) is 2. The summed E-state index contributed by atoms with van der Waals surface area (Å²) in [4.78, 5) is 0. The van der Waals surface area contributed by atoms with E-state index < -0.39 is 0 Å². The monoisotopic (exact) mass is 574 g/mol. The molecule has 0 amide bonds. The lowest BCUT2D eigenvalue weighted by Crippen LogP contribution is -2.37. The topological polar surface area (TPSA) is 8.81 Å². The molecule has 41 heavy (non-hydrogen) atoms. The van der Waals surface area contributed by atoms with Gasteiger partial charge in [0.1, 0.15) is 12.4 Å². The Balaban J connectivity index is 2.26. The van der Waals surface area contributed by atoms with Gasteiger partial charge < -0.3 is 0 Å². The summed E-state index contributed by atoms with van der Waals surface area (Å²) in [6.07, 6.45) is 48.9. The van der Waals surface area contributed by atoms with Crippen molar-refractivity contribution < 1.29 is 4.57 Å². The summed E-state index contributed by atoms with van der Waals surface area (Å²) in [6, 6.07) is 0. The molecule has 242 valence electrons. The lowest BCUT2D eigenvalue weighted by molar-refractivity contribution is -0.704. The third-order valence-corrected chi connectivity index (χ3v) is 9.35. The van der Waals surface area contributed by atoms with Crippen LogP contribution in [0.25, 0.3) is 0 Å². The van der Waals surface area contributed by atoms with Gasteiger partial charge in [0.25, 0.3) is 5.82 Å². The minimum atomic E-state index is 1.23. The predicted molar refractivity (Wildman–Crippen MR) is 184 cm³/mol. The molecule has 1 aromatic heterocycles. The Bertz CT molecular complexity index is 634. The number of imidazole rings is 1.